The molecule has 3 rings (SSSR count). The molecule has 1 aromatic carbocycles. The van der Waals surface area contributed by atoms with Crippen LogP contribution in [0.25, 0.3) is 10.9 Å². The van der Waals surface area contributed by atoms with Crippen molar-refractivity contribution in [3.05, 3.63) is 46.2 Å². The summed E-state index contributed by atoms with van der Waals surface area (Å²) in [6.07, 6.45) is 2.37. The molecule has 0 amide bonds. The van der Waals surface area contributed by atoms with Crippen molar-refractivity contribution < 1.29 is 0 Å². The molecular weight excluding hydrogens is 282 g/mol. The molecule has 0 bridgehead atoms. The largest absolute Gasteiger partial charge is 0.360 e. The molecule has 1 N–H and O–H groups in total. The van der Waals surface area contributed by atoms with Crippen LogP contribution in [0.5, 0.6) is 0 Å². The minimum absolute atomic E-state index is 0.0368. The van der Waals surface area contributed by atoms with Crippen LogP contribution in [0.15, 0.2) is 35.1 Å². The normalized spacial score (nSPS) is 14.2. The number of nitrogens with zero attached hydrogens (tertiary/aromatic N) is 2. The molecule has 1 heterocycles. The summed E-state index contributed by atoms with van der Waals surface area (Å²) in [5, 5.41) is 5.08. The van der Waals surface area contributed by atoms with Gasteiger partial charge in [-0.3, -0.25) is 4.79 Å². The van der Waals surface area contributed by atoms with Crippen molar-refractivity contribution in [1.29, 1.82) is 0 Å². The van der Waals surface area contributed by atoms with Gasteiger partial charge in [0.1, 0.15) is 0 Å². The third-order valence-electron chi connectivity index (χ3n) is 3.87. The zero-order valence-corrected chi connectivity index (χ0v) is 13.1. The number of benzene rings is 1. The van der Waals surface area contributed by atoms with Crippen LogP contribution >= 0.6 is 12.2 Å². The van der Waals surface area contributed by atoms with Gasteiger partial charge >= 0.3 is 0 Å². The number of thiocarbonyl (C=S) groups is 1. The Bertz CT molecular complexity index is 749. The van der Waals surface area contributed by atoms with E-state index >= 15 is 0 Å². The number of aromatic nitrogens is 1. The molecule has 1 saturated carbocycles. The Morgan fingerprint density at radius 2 is 2.14 bits per heavy atom. The Morgan fingerprint density at radius 1 is 1.43 bits per heavy atom. The zero-order valence-electron chi connectivity index (χ0n) is 12.3. The maximum atomic E-state index is 12.4. The fourth-order valence-corrected chi connectivity index (χ4v) is 2.67. The molecule has 0 spiro atoms. The van der Waals surface area contributed by atoms with Crippen LogP contribution in [-0.4, -0.2) is 27.7 Å². The molecule has 0 atom stereocenters. The third kappa shape index (κ3) is 2.93. The maximum absolute atomic E-state index is 12.4. The molecule has 0 aliphatic heterocycles. The van der Waals surface area contributed by atoms with Crippen molar-refractivity contribution in [3.8, 4) is 0 Å². The van der Waals surface area contributed by atoms with E-state index in [1.54, 1.807) is 4.57 Å². The van der Waals surface area contributed by atoms with E-state index in [1.807, 2.05) is 49.3 Å². The van der Waals surface area contributed by atoms with Crippen molar-refractivity contribution in [2.45, 2.75) is 25.4 Å². The van der Waals surface area contributed by atoms with Gasteiger partial charge in [0, 0.05) is 25.7 Å². The van der Waals surface area contributed by atoms with E-state index in [9.17, 15) is 4.79 Å². The second kappa shape index (κ2) is 5.48. The van der Waals surface area contributed by atoms with Gasteiger partial charge in [-0.15, -0.1) is 0 Å². The van der Waals surface area contributed by atoms with Crippen molar-refractivity contribution in [1.82, 2.24) is 14.8 Å². The summed E-state index contributed by atoms with van der Waals surface area (Å²) in [5.74, 6) is 0. The second-order valence-corrected chi connectivity index (χ2v) is 6.06. The van der Waals surface area contributed by atoms with Crippen LogP contribution in [0, 0.1) is 0 Å². The second-order valence-electron chi connectivity index (χ2n) is 5.67. The van der Waals surface area contributed by atoms with Gasteiger partial charge in [0.2, 0.25) is 0 Å². The molecule has 1 aromatic heterocycles. The van der Waals surface area contributed by atoms with Crippen LogP contribution in [0.3, 0.4) is 0 Å². The Labute approximate surface area is 129 Å². The van der Waals surface area contributed by atoms with Crippen molar-refractivity contribution in [2.75, 3.05) is 7.05 Å². The number of pyridine rings is 1. The lowest BCUT2D eigenvalue weighted by Crippen LogP contribution is -2.39. The van der Waals surface area contributed by atoms with Gasteiger partial charge in [0.05, 0.1) is 12.1 Å². The zero-order chi connectivity index (χ0) is 15.0. The molecule has 5 heteroatoms. The van der Waals surface area contributed by atoms with E-state index in [4.69, 9.17) is 12.2 Å². The Hall–Kier alpha value is -1.88. The highest BCUT2D eigenvalue weighted by atomic mass is 32.1. The number of fused-ring (bicyclic) bond motifs is 1. The quantitative estimate of drug-likeness (QED) is 0.880. The molecule has 2 aromatic rings. The lowest BCUT2D eigenvalue weighted by atomic mass is 10.1. The first-order valence-electron chi connectivity index (χ1n) is 7.15. The van der Waals surface area contributed by atoms with Gasteiger partial charge in [0.25, 0.3) is 5.56 Å². The topological polar surface area (TPSA) is 37.3 Å². The molecule has 0 saturated heterocycles. The highest BCUT2D eigenvalue weighted by Crippen LogP contribution is 2.19. The number of para-hydroxylation sites is 1. The molecular formula is C16H19N3OS. The van der Waals surface area contributed by atoms with Crippen LogP contribution in [0.2, 0.25) is 0 Å². The number of hydrogen-bond donors (Lipinski definition) is 1. The summed E-state index contributed by atoms with van der Waals surface area (Å²) in [5.41, 5.74) is 1.75. The summed E-state index contributed by atoms with van der Waals surface area (Å²) in [6.45, 7) is 0.524. The molecule has 1 aliphatic rings. The van der Waals surface area contributed by atoms with E-state index in [0.717, 1.165) is 16.5 Å². The summed E-state index contributed by atoms with van der Waals surface area (Å²) in [4.78, 5) is 14.4. The minimum Gasteiger partial charge on any atom is -0.360 e. The highest BCUT2D eigenvalue weighted by Gasteiger charge is 2.23. The number of hydrogen-bond acceptors (Lipinski definition) is 2. The Balaban J connectivity index is 1.87. The molecule has 0 radical (unpaired) electrons. The van der Waals surface area contributed by atoms with Gasteiger partial charge in [-0.1, -0.05) is 18.2 Å². The van der Waals surface area contributed by atoms with Gasteiger partial charge in [0.15, 0.2) is 5.11 Å². The van der Waals surface area contributed by atoms with Crippen LogP contribution < -0.4 is 10.9 Å². The predicted molar refractivity (Wildman–Crippen MR) is 89.4 cm³/mol. The average Bonchev–Trinajstić information content (AvgIpc) is 3.28. The Kier molecular flexibility index (Phi) is 3.68. The monoisotopic (exact) mass is 301 g/mol. The first kappa shape index (κ1) is 14.1. The first-order valence-corrected chi connectivity index (χ1v) is 7.56. The average molecular weight is 301 g/mol. The summed E-state index contributed by atoms with van der Waals surface area (Å²) in [6, 6.07) is 10.4. The van der Waals surface area contributed by atoms with E-state index < -0.39 is 0 Å². The summed E-state index contributed by atoms with van der Waals surface area (Å²) < 4.78 is 1.70. The van der Waals surface area contributed by atoms with Gasteiger partial charge in [-0.2, -0.15) is 0 Å². The molecule has 0 unspecified atom stereocenters. The molecule has 21 heavy (non-hydrogen) atoms. The van der Waals surface area contributed by atoms with Gasteiger partial charge in [-0.25, -0.2) is 0 Å². The van der Waals surface area contributed by atoms with Crippen LogP contribution in [0.1, 0.15) is 18.4 Å². The number of rotatable bonds is 3. The molecule has 1 fully saturated rings. The minimum atomic E-state index is 0.0368. The standard InChI is InChI=1S/C16H19N3OS/c1-18(16(21)17-13-7-8-13)10-12-9-11-5-3-4-6-14(11)19(2)15(12)20/h3-6,9,13H,7-8,10H2,1-2H3,(H,17,21). The Morgan fingerprint density at radius 3 is 2.86 bits per heavy atom. The molecule has 1 aliphatic carbocycles. The summed E-state index contributed by atoms with van der Waals surface area (Å²) >= 11 is 5.37. The van der Waals surface area contributed by atoms with Crippen LogP contribution in [-0.2, 0) is 13.6 Å². The SMILES string of the molecule is CN(Cc1cc2ccccc2n(C)c1=O)C(=S)NC1CC1. The van der Waals surface area contributed by atoms with Crippen molar-refractivity contribution in [2.24, 2.45) is 7.05 Å². The smallest absolute Gasteiger partial charge is 0.255 e. The predicted octanol–water partition coefficient (Wildman–Crippen LogP) is 2.01. The van der Waals surface area contributed by atoms with Crippen molar-refractivity contribution >= 4 is 28.2 Å². The van der Waals surface area contributed by atoms with E-state index in [0.29, 0.717) is 17.7 Å². The number of aryl methyl sites for hydroxylation is 1. The number of nitrogens with one attached hydrogen (secondary N) is 1. The lowest BCUT2D eigenvalue weighted by Gasteiger charge is -2.21. The first-order chi connectivity index (χ1) is 10.1. The van der Waals surface area contributed by atoms with E-state index in [-0.39, 0.29) is 5.56 Å². The van der Waals surface area contributed by atoms with Gasteiger partial charge in [-0.05, 0) is 42.6 Å². The third-order valence-corrected chi connectivity index (χ3v) is 4.30. The highest BCUT2D eigenvalue weighted by molar-refractivity contribution is 7.80. The van der Waals surface area contributed by atoms with E-state index in [1.165, 1.54) is 12.8 Å². The van der Waals surface area contributed by atoms with Crippen LogP contribution in [0.4, 0.5) is 0 Å². The van der Waals surface area contributed by atoms with Gasteiger partial charge < -0.3 is 14.8 Å². The fourth-order valence-electron chi connectivity index (χ4n) is 2.44. The van der Waals surface area contributed by atoms with E-state index in [2.05, 4.69) is 5.32 Å². The lowest BCUT2D eigenvalue weighted by molar-refractivity contribution is 0.484. The molecule has 4 nitrogen and oxygen atoms in total. The fraction of sp³-hybridized carbons (Fsp3) is 0.375. The molecule has 110 valence electrons. The summed E-state index contributed by atoms with van der Waals surface area (Å²) in [7, 11) is 3.74. The maximum Gasteiger partial charge on any atom is 0.255 e. The van der Waals surface area contributed by atoms with Crippen molar-refractivity contribution in [3.63, 3.8) is 0 Å².